The van der Waals surface area contributed by atoms with Gasteiger partial charge in [0.15, 0.2) is 15.8 Å². The van der Waals surface area contributed by atoms with E-state index >= 15 is 0 Å². The minimum absolute atomic E-state index is 0.304. The topological polar surface area (TPSA) is 86.2 Å². The van der Waals surface area contributed by atoms with E-state index in [0.29, 0.717) is 27.3 Å². The highest BCUT2D eigenvalue weighted by atomic mass is 32.2. The Balaban J connectivity index is 1.43. The van der Waals surface area contributed by atoms with Crippen LogP contribution in [-0.4, -0.2) is 35.3 Å². The zero-order valence-corrected chi connectivity index (χ0v) is 19.1. The summed E-state index contributed by atoms with van der Waals surface area (Å²) in [5.74, 6) is 1.65. The predicted octanol–water partition coefficient (Wildman–Crippen LogP) is 5.22. The van der Waals surface area contributed by atoms with Gasteiger partial charge in [0, 0.05) is 11.1 Å². The summed E-state index contributed by atoms with van der Waals surface area (Å²) in [7, 11) is 3.16. The standard InChI is InChI=1S/C21H18N4O3S3/c1-27-16-10-6-9-14(17(16)28-2)19-22-15(12-29-19)18(26)23-20-24-25-21(31-20)30-11-13-7-4-3-5-8-13/h3-10,12H,11H2,1-2H3,(H,23,24,26). The largest absolute Gasteiger partial charge is 0.493 e. The number of rotatable bonds is 8. The van der Waals surface area contributed by atoms with Crippen LogP contribution in [0.1, 0.15) is 16.1 Å². The van der Waals surface area contributed by atoms with E-state index in [0.717, 1.165) is 15.7 Å². The summed E-state index contributed by atoms with van der Waals surface area (Å²) in [6.45, 7) is 0. The number of ether oxygens (including phenoxy) is 2. The van der Waals surface area contributed by atoms with Crippen LogP contribution in [-0.2, 0) is 5.75 Å². The summed E-state index contributed by atoms with van der Waals surface area (Å²) in [4.78, 5) is 17.1. The van der Waals surface area contributed by atoms with Crippen molar-refractivity contribution in [3.8, 4) is 22.1 Å². The number of carbonyl (C=O) groups is 1. The van der Waals surface area contributed by atoms with Crippen LogP contribution in [0.2, 0.25) is 0 Å². The van der Waals surface area contributed by atoms with Crippen LogP contribution in [0.3, 0.4) is 0 Å². The Morgan fingerprint density at radius 3 is 2.68 bits per heavy atom. The van der Waals surface area contributed by atoms with Crippen LogP contribution in [0.15, 0.2) is 58.3 Å². The number of para-hydroxylation sites is 1. The molecule has 0 unspecified atom stereocenters. The summed E-state index contributed by atoms with van der Waals surface area (Å²) in [6.07, 6.45) is 0. The molecule has 2 aromatic carbocycles. The monoisotopic (exact) mass is 470 g/mol. The third-order valence-corrected chi connectivity index (χ3v) is 7.12. The summed E-state index contributed by atoms with van der Waals surface area (Å²) in [5.41, 5.74) is 2.27. The molecule has 0 fully saturated rings. The Morgan fingerprint density at radius 1 is 1.06 bits per heavy atom. The van der Waals surface area contributed by atoms with Crippen LogP contribution in [0, 0.1) is 0 Å². The average molecular weight is 471 g/mol. The Labute approximate surface area is 191 Å². The molecule has 1 N–H and O–H groups in total. The van der Waals surface area contributed by atoms with Crippen molar-refractivity contribution >= 4 is 45.5 Å². The fraction of sp³-hybridized carbons (Fsp3) is 0.143. The number of hydrogen-bond donors (Lipinski definition) is 1. The van der Waals surface area contributed by atoms with Gasteiger partial charge in [-0.25, -0.2) is 4.98 Å². The molecule has 0 saturated carbocycles. The van der Waals surface area contributed by atoms with E-state index in [4.69, 9.17) is 9.47 Å². The molecular formula is C21H18N4O3S3. The van der Waals surface area contributed by atoms with E-state index in [2.05, 4.69) is 32.6 Å². The number of nitrogens with zero attached hydrogens (tertiary/aromatic N) is 3. The fourth-order valence-corrected chi connectivity index (χ4v) is 5.28. The molecule has 0 saturated heterocycles. The molecule has 31 heavy (non-hydrogen) atoms. The van der Waals surface area contributed by atoms with Crippen LogP contribution in [0.25, 0.3) is 10.6 Å². The number of nitrogens with one attached hydrogen (secondary N) is 1. The Morgan fingerprint density at radius 2 is 1.90 bits per heavy atom. The van der Waals surface area contributed by atoms with Crippen LogP contribution < -0.4 is 14.8 Å². The highest BCUT2D eigenvalue weighted by Gasteiger charge is 2.18. The first kappa shape index (κ1) is 21.3. The Hall–Kier alpha value is -2.95. The second-order valence-electron chi connectivity index (χ2n) is 6.18. The van der Waals surface area contributed by atoms with E-state index in [1.54, 1.807) is 31.4 Å². The zero-order chi connectivity index (χ0) is 21.6. The van der Waals surface area contributed by atoms with Gasteiger partial charge in [0.1, 0.15) is 10.7 Å². The molecule has 0 bridgehead atoms. The van der Waals surface area contributed by atoms with Crippen molar-refractivity contribution < 1.29 is 14.3 Å². The van der Waals surface area contributed by atoms with Gasteiger partial charge < -0.3 is 9.47 Å². The van der Waals surface area contributed by atoms with E-state index in [1.807, 2.05) is 36.4 Å². The van der Waals surface area contributed by atoms with Gasteiger partial charge in [-0.2, -0.15) is 0 Å². The maximum Gasteiger partial charge on any atom is 0.276 e. The van der Waals surface area contributed by atoms with Crippen molar-refractivity contribution in [1.82, 2.24) is 15.2 Å². The number of anilines is 1. The molecule has 0 atom stereocenters. The van der Waals surface area contributed by atoms with Gasteiger partial charge in [-0.1, -0.05) is 59.5 Å². The first-order valence-corrected chi connectivity index (χ1v) is 11.8. The van der Waals surface area contributed by atoms with Crippen LogP contribution in [0.5, 0.6) is 11.5 Å². The van der Waals surface area contributed by atoms with Crippen molar-refractivity contribution in [2.45, 2.75) is 10.1 Å². The lowest BCUT2D eigenvalue weighted by Gasteiger charge is -2.10. The van der Waals surface area contributed by atoms with Crippen LogP contribution in [0.4, 0.5) is 5.13 Å². The molecule has 0 radical (unpaired) electrons. The lowest BCUT2D eigenvalue weighted by molar-refractivity contribution is 0.102. The number of carbonyl (C=O) groups excluding carboxylic acids is 1. The van der Waals surface area contributed by atoms with Gasteiger partial charge in [-0.3, -0.25) is 10.1 Å². The normalized spacial score (nSPS) is 10.6. The molecule has 10 heteroatoms. The molecule has 0 spiro atoms. The van der Waals surface area contributed by atoms with Crippen molar-refractivity contribution in [2.75, 3.05) is 19.5 Å². The molecule has 1 amide bonds. The third kappa shape index (κ3) is 5.04. The molecule has 0 aliphatic heterocycles. The SMILES string of the molecule is COc1cccc(-c2nc(C(=O)Nc3nnc(SCc4ccccc4)s3)cs2)c1OC. The third-order valence-electron chi connectivity index (χ3n) is 4.20. The molecule has 2 heterocycles. The number of amides is 1. The second kappa shape index (κ2) is 9.90. The van der Waals surface area contributed by atoms with E-state index < -0.39 is 0 Å². The molecule has 0 aliphatic carbocycles. The summed E-state index contributed by atoms with van der Waals surface area (Å²) >= 11 is 4.27. The number of thioether (sulfide) groups is 1. The summed E-state index contributed by atoms with van der Waals surface area (Å²) < 4.78 is 11.6. The van der Waals surface area contributed by atoms with Crippen LogP contribution >= 0.6 is 34.4 Å². The van der Waals surface area contributed by atoms with Gasteiger partial charge >= 0.3 is 0 Å². The lowest BCUT2D eigenvalue weighted by Crippen LogP contribution is -2.12. The zero-order valence-electron chi connectivity index (χ0n) is 16.7. The highest BCUT2D eigenvalue weighted by molar-refractivity contribution is 8.00. The molecule has 0 aliphatic rings. The van der Waals surface area contributed by atoms with E-state index in [9.17, 15) is 4.79 Å². The Bertz CT molecular complexity index is 1180. The summed E-state index contributed by atoms with van der Waals surface area (Å²) in [6, 6.07) is 15.7. The predicted molar refractivity (Wildman–Crippen MR) is 125 cm³/mol. The van der Waals surface area contributed by atoms with Crippen molar-refractivity contribution in [1.29, 1.82) is 0 Å². The minimum Gasteiger partial charge on any atom is -0.493 e. The first-order valence-electron chi connectivity index (χ1n) is 9.16. The molecular weight excluding hydrogens is 452 g/mol. The lowest BCUT2D eigenvalue weighted by atomic mass is 10.2. The van der Waals surface area contributed by atoms with Gasteiger partial charge in [-0.05, 0) is 17.7 Å². The molecule has 158 valence electrons. The molecule has 7 nitrogen and oxygen atoms in total. The quantitative estimate of drug-likeness (QED) is 0.279. The second-order valence-corrected chi connectivity index (χ2v) is 9.24. The van der Waals surface area contributed by atoms with E-state index in [1.165, 1.54) is 28.2 Å². The molecule has 4 aromatic rings. The first-order chi connectivity index (χ1) is 15.2. The van der Waals surface area contributed by atoms with E-state index in [-0.39, 0.29) is 5.91 Å². The maximum atomic E-state index is 12.6. The number of benzene rings is 2. The smallest absolute Gasteiger partial charge is 0.276 e. The maximum absolute atomic E-state index is 12.6. The van der Waals surface area contributed by atoms with Gasteiger partial charge in [0.05, 0.1) is 19.8 Å². The number of thiazole rings is 1. The van der Waals surface area contributed by atoms with Crippen molar-refractivity contribution in [3.05, 3.63) is 65.2 Å². The average Bonchev–Trinajstić information content (AvgIpc) is 3.47. The van der Waals surface area contributed by atoms with Gasteiger partial charge in [0.2, 0.25) is 5.13 Å². The van der Waals surface area contributed by atoms with Crippen molar-refractivity contribution in [3.63, 3.8) is 0 Å². The number of aromatic nitrogens is 3. The fourth-order valence-electron chi connectivity index (χ4n) is 2.76. The van der Waals surface area contributed by atoms with Crippen molar-refractivity contribution in [2.24, 2.45) is 0 Å². The molecule has 4 rings (SSSR count). The Kier molecular flexibility index (Phi) is 6.80. The highest BCUT2D eigenvalue weighted by Crippen LogP contribution is 2.39. The van der Waals surface area contributed by atoms with Gasteiger partial charge in [-0.15, -0.1) is 21.5 Å². The van der Waals surface area contributed by atoms with Gasteiger partial charge in [0.25, 0.3) is 5.91 Å². The number of hydrogen-bond acceptors (Lipinski definition) is 9. The molecule has 2 aromatic heterocycles. The number of methoxy groups -OCH3 is 2. The minimum atomic E-state index is -0.333. The summed E-state index contributed by atoms with van der Waals surface area (Å²) in [5, 5.41) is 13.8.